The molecule has 0 bridgehead atoms. The quantitative estimate of drug-likeness (QED) is 0.149. The van der Waals surface area contributed by atoms with E-state index in [1.54, 1.807) is 0 Å². The number of nitriles is 1. The fourth-order valence-corrected chi connectivity index (χ4v) is 4.24. The first-order valence-electron chi connectivity index (χ1n) is 12.7. The molecule has 4 N–H and O–H groups in total. The summed E-state index contributed by atoms with van der Waals surface area (Å²) in [7, 11) is 0. The molecule has 1 amide bonds. The highest BCUT2D eigenvalue weighted by atomic mass is 16.1. The number of anilines is 1. The monoisotopic (exact) mass is 496 g/mol. The van der Waals surface area contributed by atoms with E-state index >= 15 is 0 Å². The third-order valence-electron chi connectivity index (χ3n) is 6.05. The topological polar surface area (TPSA) is 107 Å². The highest BCUT2D eigenvalue weighted by Crippen LogP contribution is 2.26. The molecule has 7 heteroatoms. The van der Waals surface area contributed by atoms with Gasteiger partial charge in [0.1, 0.15) is 0 Å². The summed E-state index contributed by atoms with van der Waals surface area (Å²) in [5, 5.41) is 15.5. The number of rotatable bonds is 12. The zero-order chi connectivity index (χ0) is 26.5. The number of hydrogen-bond donors (Lipinski definition) is 3. The minimum absolute atomic E-state index is 0.0150. The molecule has 0 aliphatic heterocycles. The Balaban J connectivity index is 1.83. The van der Waals surface area contributed by atoms with Gasteiger partial charge in [-0.3, -0.25) is 4.79 Å². The van der Waals surface area contributed by atoms with Crippen LogP contribution in [0.4, 0.5) is 5.69 Å². The molecule has 0 aromatic heterocycles. The largest absolute Gasteiger partial charge is 0.369 e. The lowest BCUT2D eigenvalue weighted by Crippen LogP contribution is -2.46. The SMILES string of the molecule is CC(C)NCCNC(=O)CC[C@H](Cc1ccccc1)N(C(N)=NC#N)c1ccc(-c2ccccc2)cc1. The first-order chi connectivity index (χ1) is 18.0. The smallest absolute Gasteiger partial charge is 0.220 e. The normalized spacial score (nSPS) is 12.1. The highest BCUT2D eigenvalue weighted by Gasteiger charge is 2.24. The maximum absolute atomic E-state index is 12.6. The number of carbonyl (C=O) groups is 1. The second-order valence-corrected chi connectivity index (χ2v) is 9.19. The Bertz CT molecular complexity index is 1170. The van der Waals surface area contributed by atoms with E-state index in [2.05, 4.69) is 53.7 Å². The summed E-state index contributed by atoms with van der Waals surface area (Å²) in [6.07, 6.45) is 3.33. The van der Waals surface area contributed by atoms with Crippen molar-refractivity contribution in [1.29, 1.82) is 5.26 Å². The van der Waals surface area contributed by atoms with Crippen LogP contribution in [0.3, 0.4) is 0 Å². The number of nitrogens with two attached hydrogens (primary N) is 1. The fourth-order valence-electron chi connectivity index (χ4n) is 4.24. The zero-order valence-corrected chi connectivity index (χ0v) is 21.6. The second kappa shape index (κ2) is 14.4. The van der Waals surface area contributed by atoms with Gasteiger partial charge in [-0.15, -0.1) is 4.99 Å². The lowest BCUT2D eigenvalue weighted by molar-refractivity contribution is -0.121. The molecule has 0 aliphatic rings. The molecule has 0 saturated carbocycles. The van der Waals surface area contributed by atoms with Crippen LogP contribution in [0.1, 0.15) is 32.3 Å². The molecular weight excluding hydrogens is 460 g/mol. The van der Waals surface area contributed by atoms with E-state index in [-0.39, 0.29) is 17.9 Å². The number of carbonyl (C=O) groups excluding carboxylic acids is 1. The molecule has 0 spiro atoms. The van der Waals surface area contributed by atoms with Crippen LogP contribution in [0.2, 0.25) is 0 Å². The number of nitrogens with one attached hydrogen (secondary N) is 2. The maximum Gasteiger partial charge on any atom is 0.220 e. The van der Waals surface area contributed by atoms with E-state index < -0.39 is 0 Å². The number of nitrogens with zero attached hydrogens (tertiary/aromatic N) is 3. The van der Waals surface area contributed by atoms with Crippen molar-refractivity contribution in [3.05, 3.63) is 90.5 Å². The van der Waals surface area contributed by atoms with Gasteiger partial charge >= 0.3 is 0 Å². The van der Waals surface area contributed by atoms with Crippen LogP contribution < -0.4 is 21.3 Å². The molecule has 192 valence electrons. The molecule has 0 aliphatic carbocycles. The number of amides is 1. The van der Waals surface area contributed by atoms with Gasteiger partial charge in [-0.25, -0.2) is 0 Å². The Hall–Kier alpha value is -4.15. The molecule has 0 unspecified atom stereocenters. The van der Waals surface area contributed by atoms with Gasteiger partial charge in [0, 0.05) is 37.3 Å². The molecule has 3 aromatic carbocycles. The minimum Gasteiger partial charge on any atom is -0.369 e. The first kappa shape index (κ1) is 27.4. The molecule has 0 fully saturated rings. The third kappa shape index (κ3) is 8.78. The highest BCUT2D eigenvalue weighted by molar-refractivity contribution is 5.96. The van der Waals surface area contributed by atoms with Crippen LogP contribution in [0.25, 0.3) is 11.1 Å². The van der Waals surface area contributed by atoms with Crippen molar-refractivity contribution in [2.45, 2.75) is 45.2 Å². The fraction of sp³-hybridized carbons (Fsp3) is 0.300. The zero-order valence-electron chi connectivity index (χ0n) is 21.6. The Labute approximate surface area is 220 Å². The van der Waals surface area contributed by atoms with Gasteiger partial charge in [0.15, 0.2) is 0 Å². The third-order valence-corrected chi connectivity index (χ3v) is 6.05. The van der Waals surface area contributed by atoms with E-state index in [4.69, 9.17) is 5.73 Å². The summed E-state index contributed by atoms with van der Waals surface area (Å²) in [4.78, 5) is 18.4. The Kier molecular flexibility index (Phi) is 10.7. The molecule has 0 saturated heterocycles. The number of hydrogen-bond acceptors (Lipinski definition) is 4. The van der Waals surface area contributed by atoms with E-state index in [0.717, 1.165) is 28.9 Å². The molecule has 3 aromatic rings. The van der Waals surface area contributed by atoms with Crippen molar-refractivity contribution in [3.63, 3.8) is 0 Å². The van der Waals surface area contributed by atoms with Crippen LogP contribution in [0.15, 0.2) is 89.9 Å². The summed E-state index contributed by atoms with van der Waals surface area (Å²) in [5.41, 5.74) is 10.5. The summed E-state index contributed by atoms with van der Waals surface area (Å²) in [6.45, 7) is 5.44. The number of aliphatic imine (C=N–C) groups is 1. The summed E-state index contributed by atoms with van der Waals surface area (Å²) < 4.78 is 0. The lowest BCUT2D eigenvalue weighted by Gasteiger charge is -2.33. The standard InChI is InChI=1S/C30H36N6O/c1-23(2)33-19-20-34-29(37)18-17-28(21-24-9-5-3-6-10-24)36(30(32)35-22-31)27-15-13-26(14-16-27)25-11-7-4-8-12-25/h3-16,23,28,33H,17-21H2,1-2H3,(H2,32,35)(H,34,37)/t28-/m1/s1. The minimum atomic E-state index is -0.179. The first-order valence-corrected chi connectivity index (χ1v) is 12.7. The van der Waals surface area contributed by atoms with Crippen molar-refractivity contribution >= 4 is 17.6 Å². The van der Waals surface area contributed by atoms with Gasteiger partial charge in [-0.05, 0) is 41.7 Å². The van der Waals surface area contributed by atoms with Gasteiger partial charge in [-0.1, -0.05) is 86.6 Å². The maximum atomic E-state index is 12.6. The van der Waals surface area contributed by atoms with Gasteiger partial charge < -0.3 is 21.3 Å². The van der Waals surface area contributed by atoms with Gasteiger partial charge in [0.05, 0.1) is 0 Å². The molecular formula is C30H36N6O. The Morgan fingerprint density at radius 2 is 1.57 bits per heavy atom. The van der Waals surface area contributed by atoms with E-state index in [9.17, 15) is 10.1 Å². The van der Waals surface area contributed by atoms with Gasteiger partial charge in [0.25, 0.3) is 0 Å². The van der Waals surface area contributed by atoms with Crippen LogP contribution in [-0.4, -0.2) is 37.0 Å². The van der Waals surface area contributed by atoms with Crippen molar-refractivity contribution in [1.82, 2.24) is 10.6 Å². The predicted octanol–water partition coefficient (Wildman–Crippen LogP) is 4.46. The second-order valence-electron chi connectivity index (χ2n) is 9.19. The molecule has 0 heterocycles. The van der Waals surface area contributed by atoms with Crippen LogP contribution in [0.5, 0.6) is 0 Å². The average Bonchev–Trinajstić information content (AvgIpc) is 2.91. The molecule has 37 heavy (non-hydrogen) atoms. The van der Waals surface area contributed by atoms with Crippen LogP contribution in [-0.2, 0) is 11.2 Å². The van der Waals surface area contributed by atoms with Gasteiger partial charge in [-0.2, -0.15) is 5.26 Å². The molecule has 3 rings (SSSR count). The van der Waals surface area contributed by atoms with Crippen molar-refractivity contribution < 1.29 is 4.79 Å². The summed E-state index contributed by atoms with van der Waals surface area (Å²) in [5.74, 6) is 0.0937. The summed E-state index contributed by atoms with van der Waals surface area (Å²) >= 11 is 0. The van der Waals surface area contributed by atoms with Crippen molar-refractivity contribution in [2.75, 3.05) is 18.0 Å². The van der Waals surface area contributed by atoms with Crippen LogP contribution in [0, 0.1) is 11.5 Å². The van der Waals surface area contributed by atoms with Gasteiger partial charge in [0.2, 0.25) is 18.1 Å². The lowest BCUT2D eigenvalue weighted by atomic mass is 9.98. The van der Waals surface area contributed by atoms with Crippen LogP contribution >= 0.6 is 0 Å². The molecule has 0 radical (unpaired) electrons. The Morgan fingerprint density at radius 3 is 2.19 bits per heavy atom. The molecule has 7 nitrogen and oxygen atoms in total. The summed E-state index contributed by atoms with van der Waals surface area (Å²) in [6, 6.07) is 28.4. The van der Waals surface area contributed by atoms with E-state index in [0.29, 0.717) is 31.8 Å². The molecule has 1 atom stereocenters. The predicted molar refractivity (Wildman–Crippen MR) is 151 cm³/mol. The van der Waals surface area contributed by atoms with Crippen molar-refractivity contribution in [2.24, 2.45) is 10.7 Å². The van der Waals surface area contributed by atoms with E-state index in [1.165, 1.54) is 0 Å². The van der Waals surface area contributed by atoms with E-state index in [1.807, 2.05) is 71.8 Å². The number of guanidine groups is 1. The average molecular weight is 497 g/mol. The Morgan fingerprint density at radius 1 is 0.946 bits per heavy atom. The van der Waals surface area contributed by atoms with Crippen molar-refractivity contribution in [3.8, 4) is 17.3 Å². The number of benzene rings is 3.